The Bertz CT molecular complexity index is 413. The number of carbonyl (C=O) groups is 1. The van der Waals surface area contributed by atoms with Crippen molar-refractivity contribution in [2.45, 2.75) is 50.7 Å². The first-order chi connectivity index (χ1) is 9.24. The zero-order valence-corrected chi connectivity index (χ0v) is 12.5. The van der Waals surface area contributed by atoms with Crippen LogP contribution in [0.1, 0.15) is 44.1 Å². The van der Waals surface area contributed by atoms with E-state index >= 15 is 0 Å². The summed E-state index contributed by atoms with van der Waals surface area (Å²) < 4.78 is 0. The van der Waals surface area contributed by atoms with Gasteiger partial charge in [0.1, 0.15) is 0 Å². The number of thioether (sulfide) groups is 1. The Kier molecular flexibility index (Phi) is 5.77. The van der Waals surface area contributed by atoms with Crippen LogP contribution >= 0.6 is 11.8 Å². The third-order valence-corrected chi connectivity index (χ3v) is 4.92. The predicted octanol–water partition coefficient (Wildman–Crippen LogP) is 4.39. The first kappa shape index (κ1) is 14.4. The van der Waals surface area contributed by atoms with Gasteiger partial charge in [0.05, 0.1) is 0 Å². The van der Waals surface area contributed by atoms with Crippen LogP contribution in [0.3, 0.4) is 0 Å². The van der Waals surface area contributed by atoms with E-state index in [4.69, 9.17) is 0 Å². The third kappa shape index (κ3) is 5.27. The molecule has 0 unspecified atom stereocenters. The topological polar surface area (TPSA) is 29.1 Å². The number of hydrogen-bond acceptors (Lipinski definition) is 2. The van der Waals surface area contributed by atoms with Crippen LogP contribution < -0.4 is 5.32 Å². The third-order valence-electron chi connectivity index (χ3n) is 3.54. The van der Waals surface area contributed by atoms with E-state index < -0.39 is 0 Å². The minimum atomic E-state index is 0.133. The van der Waals surface area contributed by atoms with Crippen molar-refractivity contribution in [3.05, 3.63) is 29.8 Å². The lowest BCUT2D eigenvalue weighted by atomic mass is 10.0. The molecule has 1 N–H and O–H groups in total. The number of carbonyl (C=O) groups excluding carboxylic acids is 1. The molecule has 0 aromatic heterocycles. The Morgan fingerprint density at radius 2 is 2.11 bits per heavy atom. The summed E-state index contributed by atoms with van der Waals surface area (Å²) in [6, 6.07) is 7.96. The maximum atomic E-state index is 11.8. The van der Waals surface area contributed by atoms with E-state index in [0.29, 0.717) is 6.42 Å². The molecule has 1 aliphatic carbocycles. The maximum absolute atomic E-state index is 11.8. The second-order valence-corrected chi connectivity index (χ2v) is 6.71. The van der Waals surface area contributed by atoms with E-state index in [1.807, 2.05) is 43.0 Å². The van der Waals surface area contributed by atoms with Crippen molar-refractivity contribution in [2.24, 2.45) is 0 Å². The molecule has 2 rings (SSSR count). The molecule has 104 valence electrons. The lowest BCUT2D eigenvalue weighted by molar-refractivity contribution is -0.115. The average molecular weight is 277 g/mol. The molecule has 0 bridgehead atoms. The van der Waals surface area contributed by atoms with E-state index in [0.717, 1.165) is 16.7 Å². The zero-order valence-electron chi connectivity index (χ0n) is 11.7. The first-order valence-electron chi connectivity index (χ1n) is 7.22. The van der Waals surface area contributed by atoms with Crippen LogP contribution in [-0.2, 0) is 4.79 Å². The van der Waals surface area contributed by atoms with E-state index in [2.05, 4.69) is 5.32 Å². The van der Waals surface area contributed by atoms with Crippen molar-refractivity contribution in [2.75, 3.05) is 11.1 Å². The van der Waals surface area contributed by atoms with Gasteiger partial charge in [-0.3, -0.25) is 4.79 Å². The molecule has 1 amide bonds. The summed E-state index contributed by atoms with van der Waals surface area (Å²) in [5.41, 5.74) is 2.09. The molecule has 3 heteroatoms. The Morgan fingerprint density at radius 1 is 1.32 bits per heavy atom. The molecule has 0 spiro atoms. The Balaban J connectivity index is 1.67. The summed E-state index contributed by atoms with van der Waals surface area (Å²) in [7, 11) is 0. The van der Waals surface area contributed by atoms with Gasteiger partial charge in [-0.1, -0.05) is 31.4 Å². The number of benzene rings is 1. The normalized spacial score (nSPS) is 16.3. The van der Waals surface area contributed by atoms with Crippen LogP contribution in [0.4, 0.5) is 5.69 Å². The van der Waals surface area contributed by atoms with Gasteiger partial charge in [-0.15, -0.1) is 0 Å². The number of amides is 1. The second kappa shape index (κ2) is 7.59. The molecule has 0 aliphatic heterocycles. The summed E-state index contributed by atoms with van der Waals surface area (Å²) in [5, 5.41) is 3.76. The lowest BCUT2D eigenvalue weighted by Gasteiger charge is -2.20. The lowest BCUT2D eigenvalue weighted by Crippen LogP contribution is -2.14. The highest BCUT2D eigenvalue weighted by Gasteiger charge is 2.14. The molecule has 2 nitrogen and oxygen atoms in total. The molecule has 1 aliphatic rings. The highest BCUT2D eigenvalue weighted by Crippen LogP contribution is 2.28. The molecule has 1 aromatic rings. The minimum absolute atomic E-state index is 0.133. The van der Waals surface area contributed by atoms with Gasteiger partial charge >= 0.3 is 0 Å². The summed E-state index contributed by atoms with van der Waals surface area (Å²) in [4.78, 5) is 11.8. The van der Waals surface area contributed by atoms with Crippen molar-refractivity contribution >= 4 is 23.4 Å². The molecule has 0 radical (unpaired) electrons. The first-order valence-corrected chi connectivity index (χ1v) is 8.27. The Labute approximate surface area is 120 Å². The van der Waals surface area contributed by atoms with Crippen LogP contribution in [0.25, 0.3) is 0 Å². The van der Waals surface area contributed by atoms with E-state index in [9.17, 15) is 4.79 Å². The fourth-order valence-electron chi connectivity index (χ4n) is 2.50. The molecule has 1 fully saturated rings. The van der Waals surface area contributed by atoms with Gasteiger partial charge in [0.15, 0.2) is 0 Å². The largest absolute Gasteiger partial charge is 0.326 e. The van der Waals surface area contributed by atoms with E-state index in [1.165, 1.54) is 37.7 Å². The number of hydrogen-bond donors (Lipinski definition) is 1. The number of nitrogens with one attached hydrogen (secondary N) is 1. The summed E-state index contributed by atoms with van der Waals surface area (Å²) in [6.45, 7) is 2.04. The van der Waals surface area contributed by atoms with Crippen LogP contribution in [0.15, 0.2) is 24.3 Å². The van der Waals surface area contributed by atoms with Crippen LogP contribution in [0, 0.1) is 6.92 Å². The highest BCUT2D eigenvalue weighted by atomic mass is 32.2. The fraction of sp³-hybridized carbons (Fsp3) is 0.562. The molecular formula is C16H23NOS. The second-order valence-electron chi connectivity index (χ2n) is 5.30. The highest BCUT2D eigenvalue weighted by molar-refractivity contribution is 7.99. The van der Waals surface area contributed by atoms with Gasteiger partial charge in [-0.2, -0.15) is 11.8 Å². The minimum Gasteiger partial charge on any atom is -0.326 e. The van der Waals surface area contributed by atoms with E-state index in [-0.39, 0.29) is 5.91 Å². The summed E-state index contributed by atoms with van der Waals surface area (Å²) in [5.74, 6) is 1.08. The van der Waals surface area contributed by atoms with Gasteiger partial charge in [-0.05, 0) is 37.5 Å². The summed E-state index contributed by atoms with van der Waals surface area (Å²) in [6.07, 6.45) is 7.43. The van der Waals surface area contributed by atoms with Gasteiger partial charge in [0.25, 0.3) is 0 Å². The number of aryl methyl sites for hydroxylation is 1. The monoisotopic (exact) mass is 277 g/mol. The molecule has 0 atom stereocenters. The molecule has 19 heavy (non-hydrogen) atoms. The predicted molar refractivity (Wildman–Crippen MR) is 83.8 cm³/mol. The standard InChI is InChI=1S/C16H23NOS/c1-13-6-5-7-14(12-13)17-16(18)10-11-19-15-8-3-2-4-9-15/h5-7,12,15H,2-4,8-11H2,1H3,(H,17,18). The van der Waals surface area contributed by atoms with Crippen LogP contribution in [0.5, 0.6) is 0 Å². The van der Waals surface area contributed by atoms with E-state index in [1.54, 1.807) is 0 Å². The van der Waals surface area contributed by atoms with Crippen LogP contribution in [0.2, 0.25) is 0 Å². The van der Waals surface area contributed by atoms with Gasteiger partial charge in [-0.25, -0.2) is 0 Å². The van der Waals surface area contributed by atoms with Crippen molar-refractivity contribution < 1.29 is 4.79 Å². The molecule has 1 saturated carbocycles. The SMILES string of the molecule is Cc1cccc(NC(=O)CCSC2CCCCC2)c1. The van der Waals surface area contributed by atoms with Crippen molar-refractivity contribution in [3.63, 3.8) is 0 Å². The van der Waals surface area contributed by atoms with Gasteiger partial charge < -0.3 is 5.32 Å². The molecule has 0 heterocycles. The fourth-order valence-corrected chi connectivity index (χ4v) is 3.80. The average Bonchev–Trinajstić information content (AvgIpc) is 2.40. The van der Waals surface area contributed by atoms with Crippen molar-refractivity contribution in [1.82, 2.24) is 0 Å². The maximum Gasteiger partial charge on any atom is 0.225 e. The molecular weight excluding hydrogens is 254 g/mol. The number of anilines is 1. The van der Waals surface area contributed by atoms with Crippen LogP contribution in [-0.4, -0.2) is 16.9 Å². The van der Waals surface area contributed by atoms with Gasteiger partial charge in [0.2, 0.25) is 5.91 Å². The molecule has 1 aromatic carbocycles. The summed E-state index contributed by atoms with van der Waals surface area (Å²) >= 11 is 1.98. The van der Waals surface area contributed by atoms with Crippen molar-refractivity contribution in [1.29, 1.82) is 0 Å². The smallest absolute Gasteiger partial charge is 0.225 e. The Hall–Kier alpha value is -0.960. The van der Waals surface area contributed by atoms with Crippen molar-refractivity contribution in [3.8, 4) is 0 Å². The molecule has 0 saturated heterocycles. The Morgan fingerprint density at radius 3 is 2.84 bits per heavy atom. The van der Waals surface area contributed by atoms with Gasteiger partial charge in [0, 0.05) is 23.1 Å². The zero-order chi connectivity index (χ0) is 13.5. The number of rotatable bonds is 5. The quantitative estimate of drug-likeness (QED) is 0.865.